The fourth-order valence-electron chi connectivity index (χ4n) is 3.05. The summed E-state index contributed by atoms with van der Waals surface area (Å²) < 4.78 is 5.89. The molecule has 0 aliphatic carbocycles. The van der Waals surface area contributed by atoms with Crippen LogP contribution in [0.5, 0.6) is 0 Å². The van der Waals surface area contributed by atoms with Gasteiger partial charge >= 0.3 is 0 Å². The number of benzene rings is 1. The molecule has 3 heterocycles. The van der Waals surface area contributed by atoms with Crippen LogP contribution in [0.3, 0.4) is 0 Å². The summed E-state index contributed by atoms with van der Waals surface area (Å²) in [6.45, 7) is 4.04. The number of carbonyl (C=O) groups is 1. The van der Waals surface area contributed by atoms with Crippen molar-refractivity contribution >= 4 is 28.9 Å². The third-order valence-electron chi connectivity index (χ3n) is 4.47. The van der Waals surface area contributed by atoms with Crippen LogP contribution in [0.2, 0.25) is 0 Å². The van der Waals surface area contributed by atoms with Crippen molar-refractivity contribution in [3.63, 3.8) is 0 Å². The van der Waals surface area contributed by atoms with Crippen molar-refractivity contribution in [2.45, 2.75) is 26.2 Å². The van der Waals surface area contributed by atoms with E-state index in [-0.39, 0.29) is 5.91 Å². The van der Waals surface area contributed by atoms with Gasteiger partial charge in [0.2, 0.25) is 0 Å². The Labute approximate surface area is 151 Å². The Morgan fingerprint density at radius 1 is 1.08 bits per heavy atom. The zero-order valence-corrected chi connectivity index (χ0v) is 15.0. The van der Waals surface area contributed by atoms with Crippen molar-refractivity contribution in [3.05, 3.63) is 52.6 Å². The van der Waals surface area contributed by atoms with Crippen LogP contribution in [0.4, 0.5) is 0 Å². The first kappa shape index (κ1) is 16.2. The van der Waals surface area contributed by atoms with E-state index < -0.39 is 0 Å². The van der Waals surface area contributed by atoms with E-state index in [1.165, 1.54) is 36.6 Å². The molecule has 0 unspecified atom stereocenters. The first-order valence-corrected chi connectivity index (χ1v) is 9.45. The van der Waals surface area contributed by atoms with E-state index >= 15 is 0 Å². The van der Waals surface area contributed by atoms with E-state index in [9.17, 15) is 4.79 Å². The molecular weight excluding hydrogens is 332 g/mol. The molecule has 1 aromatic heterocycles. The number of aliphatic imine (C=N–C) groups is 1. The number of amides is 1. The van der Waals surface area contributed by atoms with E-state index in [2.05, 4.69) is 28.9 Å². The maximum absolute atomic E-state index is 12.2. The van der Waals surface area contributed by atoms with Gasteiger partial charge in [-0.2, -0.15) is 4.99 Å². The van der Waals surface area contributed by atoms with Crippen LogP contribution in [0.15, 0.2) is 50.7 Å². The van der Waals surface area contributed by atoms with Crippen molar-refractivity contribution in [2.75, 3.05) is 13.1 Å². The standard InChI is InChI=1S/C20H20N2O2S/c1-14-5-7-15(8-6-14)17-10-9-16(24-17)13-18-19(23)21-20(25-18)22-11-3-2-4-12-22/h5-10,13H,2-4,11-12H2,1H3. The van der Waals surface area contributed by atoms with Crippen LogP contribution in [0.25, 0.3) is 17.4 Å². The van der Waals surface area contributed by atoms with Gasteiger partial charge in [0.25, 0.3) is 5.91 Å². The lowest BCUT2D eigenvalue weighted by Gasteiger charge is -2.27. The van der Waals surface area contributed by atoms with Crippen LogP contribution in [-0.4, -0.2) is 29.1 Å². The van der Waals surface area contributed by atoms with Gasteiger partial charge in [-0.1, -0.05) is 29.8 Å². The topological polar surface area (TPSA) is 45.8 Å². The molecule has 0 bridgehead atoms. The second-order valence-corrected chi connectivity index (χ2v) is 7.44. The number of rotatable bonds is 2. The molecule has 2 aliphatic rings. The molecule has 0 radical (unpaired) electrons. The molecule has 1 fully saturated rings. The minimum Gasteiger partial charge on any atom is -0.457 e. The van der Waals surface area contributed by atoms with Gasteiger partial charge in [-0.15, -0.1) is 0 Å². The SMILES string of the molecule is Cc1ccc(-c2ccc(C=C3SC(N4CCCCC4)=NC3=O)o2)cc1. The fourth-order valence-corrected chi connectivity index (χ4v) is 4.00. The molecular formula is C20H20N2O2S. The number of hydrogen-bond acceptors (Lipinski definition) is 4. The van der Waals surface area contributed by atoms with Gasteiger partial charge < -0.3 is 9.32 Å². The molecule has 1 amide bonds. The summed E-state index contributed by atoms with van der Waals surface area (Å²) in [6.07, 6.45) is 5.40. The number of furan rings is 1. The Morgan fingerprint density at radius 3 is 2.60 bits per heavy atom. The van der Waals surface area contributed by atoms with Gasteiger partial charge in [-0.3, -0.25) is 4.79 Å². The van der Waals surface area contributed by atoms with Crippen molar-refractivity contribution in [2.24, 2.45) is 4.99 Å². The number of likely N-dealkylation sites (tertiary alicyclic amines) is 1. The predicted octanol–water partition coefficient (Wildman–Crippen LogP) is 4.71. The highest BCUT2D eigenvalue weighted by Gasteiger charge is 2.27. The fraction of sp³-hybridized carbons (Fsp3) is 0.300. The normalized spacial score (nSPS) is 19.6. The summed E-state index contributed by atoms with van der Waals surface area (Å²) in [5.41, 5.74) is 2.25. The Balaban J connectivity index is 1.50. The zero-order valence-electron chi connectivity index (χ0n) is 14.2. The minimum absolute atomic E-state index is 0.168. The minimum atomic E-state index is -0.168. The lowest BCUT2D eigenvalue weighted by molar-refractivity contribution is -0.113. The molecule has 25 heavy (non-hydrogen) atoms. The summed E-state index contributed by atoms with van der Waals surface area (Å²) in [7, 11) is 0. The Kier molecular flexibility index (Phi) is 4.49. The number of carbonyl (C=O) groups excluding carboxylic acids is 1. The van der Waals surface area contributed by atoms with Gasteiger partial charge in [0.05, 0.1) is 4.91 Å². The lowest BCUT2D eigenvalue weighted by atomic mass is 10.1. The molecule has 2 aromatic rings. The Morgan fingerprint density at radius 2 is 1.84 bits per heavy atom. The second kappa shape index (κ2) is 6.92. The molecule has 0 N–H and O–H groups in total. The molecule has 4 nitrogen and oxygen atoms in total. The Hall–Kier alpha value is -2.27. The lowest BCUT2D eigenvalue weighted by Crippen LogP contribution is -2.33. The van der Waals surface area contributed by atoms with E-state index in [0.29, 0.717) is 10.7 Å². The van der Waals surface area contributed by atoms with Crippen LogP contribution < -0.4 is 0 Å². The number of thioether (sulfide) groups is 1. The zero-order chi connectivity index (χ0) is 17.2. The second-order valence-electron chi connectivity index (χ2n) is 6.43. The predicted molar refractivity (Wildman–Crippen MR) is 102 cm³/mol. The van der Waals surface area contributed by atoms with E-state index in [1.54, 1.807) is 6.08 Å². The first-order valence-electron chi connectivity index (χ1n) is 8.63. The number of nitrogens with zero attached hydrogens (tertiary/aromatic N) is 2. The first-order chi connectivity index (χ1) is 12.2. The van der Waals surface area contributed by atoms with Gasteiger partial charge in [0, 0.05) is 24.7 Å². The maximum Gasteiger partial charge on any atom is 0.286 e. The van der Waals surface area contributed by atoms with Crippen molar-refractivity contribution < 1.29 is 9.21 Å². The van der Waals surface area contributed by atoms with Gasteiger partial charge in [0.1, 0.15) is 11.5 Å². The molecule has 1 saturated heterocycles. The number of piperidine rings is 1. The smallest absolute Gasteiger partial charge is 0.286 e. The van der Waals surface area contributed by atoms with Crippen LogP contribution in [0.1, 0.15) is 30.6 Å². The average molecular weight is 352 g/mol. The van der Waals surface area contributed by atoms with Crippen LogP contribution in [0, 0.1) is 6.92 Å². The highest BCUT2D eigenvalue weighted by atomic mass is 32.2. The third-order valence-corrected chi connectivity index (χ3v) is 5.52. The summed E-state index contributed by atoms with van der Waals surface area (Å²) in [4.78, 5) is 19.3. The molecule has 0 spiro atoms. The summed E-state index contributed by atoms with van der Waals surface area (Å²) in [6, 6.07) is 12.0. The quantitative estimate of drug-likeness (QED) is 0.734. The monoisotopic (exact) mass is 352 g/mol. The van der Waals surface area contributed by atoms with E-state index in [4.69, 9.17) is 4.42 Å². The van der Waals surface area contributed by atoms with Crippen LogP contribution in [-0.2, 0) is 4.79 Å². The largest absolute Gasteiger partial charge is 0.457 e. The molecule has 5 heteroatoms. The molecule has 0 atom stereocenters. The summed E-state index contributed by atoms with van der Waals surface area (Å²) in [5, 5.41) is 0.835. The molecule has 1 aromatic carbocycles. The van der Waals surface area contributed by atoms with Crippen molar-refractivity contribution in [1.29, 1.82) is 0 Å². The van der Waals surface area contributed by atoms with E-state index in [0.717, 1.165) is 29.6 Å². The highest BCUT2D eigenvalue weighted by Crippen LogP contribution is 2.32. The highest BCUT2D eigenvalue weighted by molar-refractivity contribution is 8.18. The van der Waals surface area contributed by atoms with Crippen molar-refractivity contribution in [3.8, 4) is 11.3 Å². The van der Waals surface area contributed by atoms with Crippen molar-refractivity contribution in [1.82, 2.24) is 4.90 Å². The molecule has 2 aliphatic heterocycles. The average Bonchev–Trinajstić information content (AvgIpc) is 3.24. The van der Waals surface area contributed by atoms with Gasteiger partial charge in [-0.05, 0) is 50.1 Å². The number of hydrogen-bond donors (Lipinski definition) is 0. The Bertz CT molecular complexity index is 843. The van der Waals surface area contributed by atoms with E-state index in [1.807, 2.05) is 24.3 Å². The molecule has 128 valence electrons. The molecule has 4 rings (SSSR count). The maximum atomic E-state index is 12.2. The number of amidine groups is 1. The molecule has 0 saturated carbocycles. The van der Waals surface area contributed by atoms with Gasteiger partial charge in [0.15, 0.2) is 5.17 Å². The summed E-state index contributed by atoms with van der Waals surface area (Å²) >= 11 is 1.45. The van der Waals surface area contributed by atoms with Gasteiger partial charge in [-0.25, -0.2) is 0 Å². The number of aryl methyl sites for hydroxylation is 1. The van der Waals surface area contributed by atoms with Crippen LogP contribution >= 0.6 is 11.8 Å². The third kappa shape index (κ3) is 3.56. The summed E-state index contributed by atoms with van der Waals surface area (Å²) in [5.74, 6) is 1.32.